The average molecular weight is 583 g/mol. The summed E-state index contributed by atoms with van der Waals surface area (Å²) in [6.07, 6.45) is 0.587. The third-order valence-electron chi connectivity index (χ3n) is 5.55. The first-order valence-electron chi connectivity index (χ1n) is 13.3. The molecule has 0 saturated heterocycles. The van der Waals surface area contributed by atoms with Crippen LogP contribution in [0.3, 0.4) is 0 Å². The number of carbonyl (C=O) groups is 5. The van der Waals surface area contributed by atoms with Gasteiger partial charge in [0.1, 0.15) is 19.8 Å². The van der Waals surface area contributed by atoms with Gasteiger partial charge in [0.05, 0.1) is 13.1 Å². The fourth-order valence-electron chi connectivity index (χ4n) is 2.93. The molecule has 14 nitrogen and oxygen atoms in total. The Morgan fingerprint density at radius 2 is 0.976 bits per heavy atom. The number of ether oxygens (including phenoxy) is 3. The maximum atomic E-state index is 12.3. The first-order valence-corrected chi connectivity index (χ1v) is 13.3. The van der Waals surface area contributed by atoms with Crippen LogP contribution in [0.1, 0.15) is 34.1 Å². The molecule has 0 bridgehead atoms. The number of hydrogen-bond donors (Lipinski definition) is 6. The van der Waals surface area contributed by atoms with Gasteiger partial charge in [0.25, 0.3) is 0 Å². The zero-order chi connectivity index (χ0) is 31.3. The van der Waals surface area contributed by atoms with Crippen molar-refractivity contribution in [2.75, 3.05) is 65.8 Å². The van der Waals surface area contributed by atoms with Crippen molar-refractivity contribution in [1.29, 1.82) is 0 Å². The number of rotatable bonds is 21. The van der Waals surface area contributed by atoms with E-state index in [0.717, 1.165) is 0 Å². The topological polar surface area (TPSA) is 185 Å². The van der Waals surface area contributed by atoms with Crippen LogP contribution in [-0.2, 0) is 28.6 Å². The van der Waals surface area contributed by atoms with E-state index in [1.54, 1.807) is 6.92 Å². The van der Waals surface area contributed by atoms with E-state index in [0.29, 0.717) is 31.8 Å². The summed E-state index contributed by atoms with van der Waals surface area (Å²) in [7, 11) is 0. The lowest BCUT2D eigenvalue weighted by atomic mass is 9.84. The van der Waals surface area contributed by atoms with Crippen molar-refractivity contribution in [2.45, 2.75) is 34.1 Å². The van der Waals surface area contributed by atoms with E-state index >= 15 is 0 Å². The molecule has 0 aliphatic heterocycles. The second-order valence-electron chi connectivity index (χ2n) is 9.42. The van der Waals surface area contributed by atoms with Crippen molar-refractivity contribution >= 4 is 30.0 Å². The summed E-state index contributed by atoms with van der Waals surface area (Å²) in [6, 6.07) is -0.925. The maximum Gasteiger partial charge on any atom is 0.333 e. The molecule has 0 unspecified atom stereocenters. The summed E-state index contributed by atoms with van der Waals surface area (Å²) in [5.41, 5.74) is 0.273. The first kappa shape index (κ1) is 37.1. The molecule has 0 fully saturated rings. The fourth-order valence-corrected chi connectivity index (χ4v) is 2.93. The molecule has 0 spiro atoms. The van der Waals surface area contributed by atoms with Crippen LogP contribution in [0, 0.1) is 5.41 Å². The predicted octanol–water partition coefficient (Wildman–Crippen LogP) is 0.476. The molecule has 14 heteroatoms. The largest absolute Gasteiger partial charge is 0.461 e. The molecular formula is C27H46N6O8. The van der Waals surface area contributed by atoms with E-state index in [-0.39, 0.29) is 57.1 Å². The van der Waals surface area contributed by atoms with E-state index in [2.05, 4.69) is 51.6 Å². The smallest absolute Gasteiger partial charge is 0.333 e. The number of amides is 4. The van der Waals surface area contributed by atoms with Crippen molar-refractivity contribution in [3.8, 4) is 0 Å². The molecule has 0 atom stereocenters. The van der Waals surface area contributed by atoms with Crippen molar-refractivity contribution < 1.29 is 38.2 Å². The summed E-state index contributed by atoms with van der Waals surface area (Å²) < 4.78 is 14.9. The molecule has 0 aromatic heterocycles. The molecule has 41 heavy (non-hydrogen) atoms. The lowest BCUT2D eigenvalue weighted by molar-refractivity contribution is -0.139. The Morgan fingerprint density at radius 3 is 1.34 bits per heavy atom. The molecule has 0 aromatic carbocycles. The number of esters is 3. The molecule has 0 aliphatic carbocycles. The summed E-state index contributed by atoms with van der Waals surface area (Å²) >= 11 is 0. The summed E-state index contributed by atoms with van der Waals surface area (Å²) in [5, 5.41) is 17.2. The van der Waals surface area contributed by atoms with Gasteiger partial charge in [-0.25, -0.2) is 24.0 Å². The molecule has 0 saturated carbocycles. The number of nitrogens with one attached hydrogen (secondary N) is 6. The van der Waals surface area contributed by atoms with E-state index < -0.39 is 35.4 Å². The van der Waals surface area contributed by atoms with Gasteiger partial charge in [-0.05, 0) is 27.2 Å². The van der Waals surface area contributed by atoms with E-state index in [1.165, 1.54) is 13.8 Å². The van der Waals surface area contributed by atoms with Crippen molar-refractivity contribution in [3.05, 3.63) is 36.5 Å². The number of carbonyl (C=O) groups excluding carboxylic acids is 5. The Labute approximate surface area is 242 Å². The average Bonchev–Trinajstić information content (AvgIpc) is 2.93. The Kier molecular flexibility index (Phi) is 18.9. The highest BCUT2D eigenvalue weighted by molar-refractivity contribution is 5.87. The second kappa shape index (κ2) is 20.9. The van der Waals surface area contributed by atoms with Crippen LogP contribution in [0.5, 0.6) is 0 Å². The third-order valence-corrected chi connectivity index (χ3v) is 5.55. The minimum Gasteiger partial charge on any atom is -0.461 e. The molecule has 0 aliphatic rings. The molecule has 6 N–H and O–H groups in total. The van der Waals surface area contributed by atoms with Gasteiger partial charge >= 0.3 is 30.0 Å². The van der Waals surface area contributed by atoms with Gasteiger partial charge in [-0.3, -0.25) is 0 Å². The predicted molar refractivity (Wildman–Crippen MR) is 154 cm³/mol. The Bertz CT molecular complexity index is 887. The van der Waals surface area contributed by atoms with Gasteiger partial charge in [-0.15, -0.1) is 0 Å². The highest BCUT2D eigenvalue weighted by Crippen LogP contribution is 2.19. The van der Waals surface area contributed by atoms with Crippen molar-refractivity contribution in [1.82, 2.24) is 31.9 Å². The van der Waals surface area contributed by atoms with Crippen molar-refractivity contribution in [2.24, 2.45) is 5.41 Å². The lowest BCUT2D eigenvalue weighted by Crippen LogP contribution is -2.54. The normalized spacial score (nSPS) is 10.5. The van der Waals surface area contributed by atoms with Crippen LogP contribution in [0.15, 0.2) is 36.5 Å². The monoisotopic (exact) mass is 582 g/mol. The highest BCUT2D eigenvalue weighted by atomic mass is 16.5. The Balaban J connectivity index is 4.83. The van der Waals surface area contributed by atoms with Crippen LogP contribution in [0.25, 0.3) is 0 Å². The molecule has 4 amide bonds. The minimum atomic E-state index is -0.582. The minimum absolute atomic E-state index is 0.00363. The summed E-state index contributed by atoms with van der Waals surface area (Å²) in [5.74, 6) is -1.53. The Morgan fingerprint density at radius 1 is 0.585 bits per heavy atom. The van der Waals surface area contributed by atoms with Crippen LogP contribution in [0.4, 0.5) is 9.59 Å². The van der Waals surface area contributed by atoms with E-state index in [1.807, 2.05) is 6.92 Å². The van der Waals surface area contributed by atoms with Gasteiger partial charge in [0.15, 0.2) is 0 Å². The maximum absolute atomic E-state index is 12.3. The number of urea groups is 2. The highest BCUT2D eigenvalue weighted by Gasteiger charge is 2.29. The molecule has 232 valence electrons. The molecule has 0 rings (SSSR count). The van der Waals surface area contributed by atoms with Gasteiger partial charge in [0.2, 0.25) is 0 Å². The summed E-state index contributed by atoms with van der Waals surface area (Å²) in [4.78, 5) is 59.0. The second-order valence-corrected chi connectivity index (χ2v) is 9.42. The fraction of sp³-hybridized carbons (Fsp3) is 0.593. The van der Waals surface area contributed by atoms with Crippen LogP contribution >= 0.6 is 0 Å². The zero-order valence-electron chi connectivity index (χ0n) is 24.7. The molecule has 0 aromatic rings. The van der Waals surface area contributed by atoms with Gasteiger partial charge in [0, 0.05) is 55.0 Å². The number of hydrogen-bond acceptors (Lipinski definition) is 10. The molecule has 0 heterocycles. The third kappa shape index (κ3) is 18.1. The summed E-state index contributed by atoms with van der Waals surface area (Å²) in [6.45, 7) is 19.1. The molecular weight excluding hydrogens is 536 g/mol. The Hall–Kier alpha value is -3.91. The standard InChI is InChI=1S/C27H46N6O8/c1-8-27(15-29-18-28-9-12-39-22(34)19(2)3,16-32-25(37)30-10-13-40-23(35)20(4)5)17-33-26(38)31-11-14-41-24(36)21(6)7/h28-29H,2,4,6,8-18H2,1,3,5,7H3,(H2,30,32,37)(H2,31,33,38). The quantitative estimate of drug-likeness (QED) is 0.0366. The van der Waals surface area contributed by atoms with Gasteiger partial charge in [-0.1, -0.05) is 26.7 Å². The zero-order valence-corrected chi connectivity index (χ0v) is 24.7. The van der Waals surface area contributed by atoms with Crippen molar-refractivity contribution in [3.63, 3.8) is 0 Å². The lowest BCUT2D eigenvalue weighted by Gasteiger charge is -2.33. The van der Waals surface area contributed by atoms with Crippen LogP contribution < -0.4 is 31.9 Å². The molecule has 0 radical (unpaired) electrons. The van der Waals surface area contributed by atoms with E-state index in [9.17, 15) is 24.0 Å². The van der Waals surface area contributed by atoms with Gasteiger partial charge in [-0.2, -0.15) is 0 Å². The van der Waals surface area contributed by atoms with Gasteiger partial charge < -0.3 is 46.1 Å². The first-order chi connectivity index (χ1) is 19.3. The van der Waals surface area contributed by atoms with Crippen LogP contribution in [0.2, 0.25) is 0 Å². The van der Waals surface area contributed by atoms with E-state index in [4.69, 9.17) is 14.2 Å². The van der Waals surface area contributed by atoms with Crippen LogP contribution in [-0.4, -0.2) is 95.7 Å². The SMILES string of the molecule is C=C(C)C(=O)OCCNCNCC(CC)(CNC(=O)NCCOC(=O)C(=C)C)CNC(=O)NCCOC(=O)C(=C)C.